The smallest absolute Gasteiger partial charge is 0.363 e. The fourth-order valence-electron chi connectivity index (χ4n) is 3.48. The van der Waals surface area contributed by atoms with Gasteiger partial charge in [0.25, 0.3) is 0 Å². The van der Waals surface area contributed by atoms with Crippen LogP contribution in [0.3, 0.4) is 0 Å². The molecule has 0 aliphatic carbocycles. The van der Waals surface area contributed by atoms with Crippen LogP contribution in [-0.2, 0) is 16.1 Å². The minimum Gasteiger partial charge on any atom is -0.402 e. The summed E-state index contributed by atoms with van der Waals surface area (Å²) in [5, 5.41) is 4.80. The van der Waals surface area contributed by atoms with Crippen molar-refractivity contribution < 1.29 is 9.53 Å². The molecule has 0 unspecified atom stereocenters. The second kappa shape index (κ2) is 8.77. The zero-order valence-electron chi connectivity index (χ0n) is 17.0. The lowest BCUT2D eigenvalue weighted by Gasteiger charge is -2.02. The average Bonchev–Trinajstić information content (AvgIpc) is 3.40. The van der Waals surface area contributed by atoms with E-state index in [1.807, 2.05) is 83.7 Å². The van der Waals surface area contributed by atoms with E-state index in [9.17, 15) is 4.79 Å². The van der Waals surface area contributed by atoms with Gasteiger partial charge in [0.15, 0.2) is 5.70 Å². The van der Waals surface area contributed by atoms with Crippen molar-refractivity contribution >= 4 is 33.9 Å². The van der Waals surface area contributed by atoms with Gasteiger partial charge in [-0.15, -0.1) is 0 Å². The van der Waals surface area contributed by atoms with E-state index in [2.05, 4.69) is 33.1 Å². The number of hydrogen-bond donors (Lipinski definition) is 0. The summed E-state index contributed by atoms with van der Waals surface area (Å²) in [4.78, 5) is 16.9. The number of aliphatic imine (C=N–C) groups is 1. The zero-order chi connectivity index (χ0) is 21.9. The molecule has 0 bridgehead atoms. The Hall–Kier alpha value is -3.77. The number of esters is 1. The average molecular weight is 484 g/mol. The van der Waals surface area contributed by atoms with E-state index < -0.39 is 5.97 Å². The van der Waals surface area contributed by atoms with Gasteiger partial charge in [-0.05, 0) is 35.9 Å². The molecule has 2 heterocycles. The highest BCUT2D eigenvalue weighted by Crippen LogP contribution is 2.27. The van der Waals surface area contributed by atoms with Gasteiger partial charge in [-0.1, -0.05) is 76.6 Å². The quantitative estimate of drug-likeness (QED) is 0.270. The summed E-state index contributed by atoms with van der Waals surface area (Å²) in [7, 11) is 0. The fourth-order valence-corrected chi connectivity index (χ4v) is 3.75. The SMILES string of the molecule is O=C1OC(c2ccccc2)=NC1=Cc1cn(Cc2ccc(Br)cc2)nc1-c1ccccc1. The maximum absolute atomic E-state index is 12.5. The third kappa shape index (κ3) is 4.31. The molecule has 0 saturated heterocycles. The van der Waals surface area contributed by atoms with Crippen molar-refractivity contribution in [2.24, 2.45) is 4.99 Å². The Bertz CT molecular complexity index is 1320. The van der Waals surface area contributed by atoms with Gasteiger partial charge in [0.05, 0.1) is 12.2 Å². The molecule has 156 valence electrons. The van der Waals surface area contributed by atoms with Crippen molar-refractivity contribution in [1.82, 2.24) is 9.78 Å². The molecule has 1 aromatic heterocycles. The minimum absolute atomic E-state index is 0.254. The van der Waals surface area contributed by atoms with Crippen LogP contribution in [0.4, 0.5) is 0 Å². The Morgan fingerprint density at radius 1 is 0.875 bits per heavy atom. The summed E-state index contributed by atoms with van der Waals surface area (Å²) in [6.45, 7) is 0.610. The van der Waals surface area contributed by atoms with Gasteiger partial charge in [0.2, 0.25) is 5.90 Å². The van der Waals surface area contributed by atoms with Crippen LogP contribution >= 0.6 is 15.9 Å². The van der Waals surface area contributed by atoms with Crippen molar-refractivity contribution in [3.8, 4) is 11.3 Å². The molecule has 1 aliphatic heterocycles. The Balaban J connectivity index is 1.53. The first-order valence-corrected chi connectivity index (χ1v) is 10.9. The highest BCUT2D eigenvalue weighted by molar-refractivity contribution is 9.10. The Morgan fingerprint density at radius 3 is 2.22 bits per heavy atom. The molecule has 5 rings (SSSR count). The van der Waals surface area contributed by atoms with Crippen LogP contribution in [0.5, 0.6) is 0 Å². The maximum atomic E-state index is 12.5. The van der Waals surface area contributed by atoms with Crippen molar-refractivity contribution in [3.63, 3.8) is 0 Å². The fraction of sp³-hybridized carbons (Fsp3) is 0.0385. The lowest BCUT2D eigenvalue weighted by molar-refractivity contribution is -0.129. The van der Waals surface area contributed by atoms with E-state index in [0.717, 1.165) is 32.4 Å². The number of benzene rings is 3. The zero-order valence-corrected chi connectivity index (χ0v) is 18.6. The Kier molecular flexibility index (Phi) is 5.52. The molecule has 0 amide bonds. The predicted molar refractivity (Wildman–Crippen MR) is 128 cm³/mol. The third-order valence-corrected chi connectivity index (χ3v) is 5.56. The summed E-state index contributed by atoms with van der Waals surface area (Å²) < 4.78 is 8.31. The normalized spacial score (nSPS) is 14.5. The summed E-state index contributed by atoms with van der Waals surface area (Å²) in [6.07, 6.45) is 3.67. The van der Waals surface area contributed by atoms with E-state index in [4.69, 9.17) is 9.84 Å². The first kappa shape index (κ1) is 20.2. The second-order valence-electron chi connectivity index (χ2n) is 7.33. The summed E-state index contributed by atoms with van der Waals surface area (Å²) in [5.41, 5.74) is 4.69. The van der Waals surface area contributed by atoms with Crippen molar-refractivity contribution in [2.45, 2.75) is 6.54 Å². The summed E-state index contributed by atoms with van der Waals surface area (Å²) in [5.74, 6) is -0.158. The molecular weight excluding hydrogens is 466 g/mol. The van der Waals surface area contributed by atoms with Gasteiger partial charge < -0.3 is 4.74 Å². The molecule has 3 aromatic carbocycles. The number of hydrogen-bond acceptors (Lipinski definition) is 4. The summed E-state index contributed by atoms with van der Waals surface area (Å²) >= 11 is 3.47. The van der Waals surface area contributed by atoms with E-state index in [0.29, 0.717) is 12.4 Å². The van der Waals surface area contributed by atoms with Gasteiger partial charge in [0.1, 0.15) is 0 Å². The molecule has 0 saturated carbocycles. The summed E-state index contributed by atoms with van der Waals surface area (Å²) in [6, 6.07) is 27.4. The molecule has 4 aromatic rings. The molecule has 0 N–H and O–H groups in total. The van der Waals surface area contributed by atoms with Crippen LogP contribution < -0.4 is 0 Å². The van der Waals surface area contributed by atoms with Gasteiger partial charge in [-0.25, -0.2) is 9.79 Å². The lowest BCUT2D eigenvalue weighted by Crippen LogP contribution is -2.04. The van der Waals surface area contributed by atoms with Crippen molar-refractivity contribution in [1.29, 1.82) is 0 Å². The highest BCUT2D eigenvalue weighted by Gasteiger charge is 2.25. The second-order valence-corrected chi connectivity index (χ2v) is 8.24. The molecule has 6 heteroatoms. The number of ether oxygens (including phenoxy) is 1. The molecule has 0 spiro atoms. The first-order chi connectivity index (χ1) is 15.7. The highest BCUT2D eigenvalue weighted by atomic mass is 79.9. The molecule has 1 aliphatic rings. The number of aromatic nitrogens is 2. The number of carbonyl (C=O) groups excluding carboxylic acids is 1. The first-order valence-electron chi connectivity index (χ1n) is 10.1. The Labute approximate surface area is 193 Å². The van der Waals surface area contributed by atoms with Crippen LogP contribution in [0, 0.1) is 0 Å². The molecule has 0 atom stereocenters. The van der Waals surface area contributed by atoms with Gasteiger partial charge in [-0.3, -0.25) is 4.68 Å². The topological polar surface area (TPSA) is 56.5 Å². The van der Waals surface area contributed by atoms with Gasteiger partial charge in [-0.2, -0.15) is 5.10 Å². The molecule has 32 heavy (non-hydrogen) atoms. The largest absolute Gasteiger partial charge is 0.402 e. The van der Waals surface area contributed by atoms with Crippen LogP contribution in [0.2, 0.25) is 0 Å². The number of nitrogens with zero attached hydrogens (tertiary/aromatic N) is 3. The predicted octanol–water partition coefficient (Wildman–Crippen LogP) is 5.71. The van der Waals surface area contributed by atoms with Gasteiger partial charge in [0, 0.05) is 27.4 Å². The molecule has 5 nitrogen and oxygen atoms in total. The lowest BCUT2D eigenvalue weighted by atomic mass is 10.1. The number of carbonyl (C=O) groups is 1. The monoisotopic (exact) mass is 483 g/mol. The van der Waals surface area contributed by atoms with E-state index >= 15 is 0 Å². The van der Waals surface area contributed by atoms with Crippen LogP contribution in [-0.4, -0.2) is 21.6 Å². The maximum Gasteiger partial charge on any atom is 0.363 e. The Morgan fingerprint density at radius 2 is 1.53 bits per heavy atom. The molecule has 0 radical (unpaired) electrons. The standard InChI is InChI=1S/C26H18BrN3O2/c27-22-13-11-18(12-14-22)16-30-17-21(24(29-30)19-7-3-1-4-8-19)15-23-26(31)32-25(28-23)20-9-5-2-6-10-20/h1-15,17H,16H2. The van der Waals surface area contributed by atoms with Crippen LogP contribution in [0.1, 0.15) is 16.7 Å². The van der Waals surface area contributed by atoms with Gasteiger partial charge >= 0.3 is 5.97 Å². The molecule has 0 fully saturated rings. The van der Waals surface area contributed by atoms with Crippen LogP contribution in [0.25, 0.3) is 17.3 Å². The minimum atomic E-state index is -0.469. The van der Waals surface area contributed by atoms with E-state index in [1.54, 1.807) is 6.08 Å². The van der Waals surface area contributed by atoms with Crippen molar-refractivity contribution in [2.75, 3.05) is 0 Å². The van der Waals surface area contributed by atoms with Crippen LogP contribution in [0.15, 0.2) is 106 Å². The number of rotatable bonds is 5. The number of cyclic esters (lactones) is 1. The molecular formula is C26H18BrN3O2. The van der Waals surface area contributed by atoms with E-state index in [1.165, 1.54) is 0 Å². The number of halogens is 1. The van der Waals surface area contributed by atoms with Crippen molar-refractivity contribution in [3.05, 3.63) is 118 Å². The third-order valence-electron chi connectivity index (χ3n) is 5.03. The van der Waals surface area contributed by atoms with E-state index in [-0.39, 0.29) is 5.70 Å².